The van der Waals surface area contributed by atoms with Crippen LogP contribution in [0.1, 0.15) is 12.8 Å². The largest absolute Gasteiger partial charge is 0.495 e. The van der Waals surface area contributed by atoms with Crippen LogP contribution in [0.2, 0.25) is 0 Å². The number of piperidine rings is 1. The summed E-state index contributed by atoms with van der Waals surface area (Å²) in [7, 11) is 1.61. The third-order valence-corrected chi connectivity index (χ3v) is 6.00. The number of carbonyl (C=O) groups excluding carboxylic acids is 1. The smallest absolute Gasteiger partial charge is 0.238 e. The van der Waals surface area contributed by atoms with E-state index in [0.29, 0.717) is 37.1 Å². The molecule has 158 valence electrons. The Kier molecular flexibility index (Phi) is 5.33. The Morgan fingerprint density at radius 2 is 1.87 bits per heavy atom. The molecule has 3 heterocycles. The quantitative estimate of drug-likeness (QED) is 0.693. The standard InChI is InChI=1S/C23H26N2O5/c1-27-21-12-17-16-4-2-3-5-19(16)30-20(17)13-18(21)24-22(26)14-25-8-6-15(7-9-25)23-28-10-11-29-23/h2-5,12-13,15,23H,6-11,14H2,1H3,(H,24,26). The van der Waals surface area contributed by atoms with Crippen molar-refractivity contribution in [3.05, 3.63) is 36.4 Å². The molecule has 2 fully saturated rings. The molecule has 30 heavy (non-hydrogen) atoms. The van der Waals surface area contributed by atoms with E-state index in [2.05, 4.69) is 10.2 Å². The van der Waals surface area contributed by atoms with Crippen molar-refractivity contribution >= 4 is 33.5 Å². The Morgan fingerprint density at radius 3 is 2.63 bits per heavy atom. The summed E-state index contributed by atoms with van der Waals surface area (Å²) >= 11 is 0. The normalized spacial score (nSPS) is 19.0. The molecule has 1 amide bonds. The van der Waals surface area contributed by atoms with Gasteiger partial charge >= 0.3 is 0 Å². The molecule has 5 rings (SSSR count). The van der Waals surface area contributed by atoms with Gasteiger partial charge in [-0.05, 0) is 38.1 Å². The molecule has 7 nitrogen and oxygen atoms in total. The van der Waals surface area contributed by atoms with Gasteiger partial charge < -0.3 is 23.9 Å². The van der Waals surface area contributed by atoms with Crippen LogP contribution in [0.5, 0.6) is 5.75 Å². The molecule has 0 aliphatic carbocycles. The van der Waals surface area contributed by atoms with Crippen molar-refractivity contribution in [2.75, 3.05) is 45.3 Å². The summed E-state index contributed by atoms with van der Waals surface area (Å²) in [6.45, 7) is 3.44. The molecule has 2 saturated heterocycles. The number of anilines is 1. The fourth-order valence-electron chi connectivity index (χ4n) is 4.44. The summed E-state index contributed by atoms with van der Waals surface area (Å²) in [5.41, 5.74) is 2.16. The number of benzene rings is 2. The molecule has 0 spiro atoms. The minimum atomic E-state index is -0.0687. The summed E-state index contributed by atoms with van der Waals surface area (Å²) < 4.78 is 22.7. The van der Waals surface area contributed by atoms with Crippen LogP contribution in [0.4, 0.5) is 5.69 Å². The number of fused-ring (bicyclic) bond motifs is 3. The van der Waals surface area contributed by atoms with E-state index in [-0.39, 0.29) is 12.2 Å². The van der Waals surface area contributed by atoms with Gasteiger partial charge in [-0.25, -0.2) is 0 Å². The van der Waals surface area contributed by atoms with Crippen molar-refractivity contribution < 1.29 is 23.4 Å². The van der Waals surface area contributed by atoms with Gasteiger partial charge in [-0.3, -0.25) is 9.69 Å². The van der Waals surface area contributed by atoms with Crippen molar-refractivity contribution in [3.63, 3.8) is 0 Å². The Morgan fingerprint density at radius 1 is 1.10 bits per heavy atom. The first kappa shape index (κ1) is 19.4. The zero-order valence-electron chi connectivity index (χ0n) is 17.1. The van der Waals surface area contributed by atoms with E-state index in [9.17, 15) is 4.79 Å². The molecule has 0 unspecified atom stereocenters. The molecule has 2 aliphatic rings. The maximum Gasteiger partial charge on any atom is 0.238 e. The Bertz CT molecular complexity index is 1050. The fourth-order valence-corrected chi connectivity index (χ4v) is 4.44. The molecule has 7 heteroatoms. The topological polar surface area (TPSA) is 73.2 Å². The molecule has 1 aromatic heterocycles. The number of carbonyl (C=O) groups is 1. The number of rotatable bonds is 5. The van der Waals surface area contributed by atoms with Gasteiger partial charge in [0.15, 0.2) is 6.29 Å². The number of hydrogen-bond donors (Lipinski definition) is 1. The van der Waals surface area contributed by atoms with E-state index in [1.165, 1.54) is 0 Å². The highest BCUT2D eigenvalue weighted by molar-refractivity contribution is 6.07. The molecular weight excluding hydrogens is 384 g/mol. The van der Waals surface area contributed by atoms with Crippen molar-refractivity contribution in [1.29, 1.82) is 0 Å². The van der Waals surface area contributed by atoms with Gasteiger partial charge in [0, 0.05) is 22.8 Å². The van der Waals surface area contributed by atoms with Gasteiger partial charge in [0.1, 0.15) is 16.9 Å². The van der Waals surface area contributed by atoms with Crippen molar-refractivity contribution in [1.82, 2.24) is 4.90 Å². The SMILES string of the molecule is COc1cc2c(cc1NC(=O)CN1CCC(C3OCCO3)CC1)oc1ccccc12. The lowest BCUT2D eigenvalue weighted by atomic mass is 9.96. The highest BCUT2D eigenvalue weighted by Gasteiger charge is 2.30. The van der Waals surface area contributed by atoms with Crippen molar-refractivity contribution in [2.24, 2.45) is 5.92 Å². The predicted octanol–water partition coefficient (Wildman–Crippen LogP) is 3.62. The minimum absolute atomic E-state index is 0.0597. The number of nitrogens with one attached hydrogen (secondary N) is 1. The van der Waals surface area contributed by atoms with E-state index >= 15 is 0 Å². The Balaban J connectivity index is 1.26. The summed E-state index contributed by atoms with van der Waals surface area (Å²) in [5.74, 6) is 0.981. The first-order chi connectivity index (χ1) is 14.7. The van der Waals surface area contributed by atoms with Gasteiger partial charge in [0.25, 0.3) is 0 Å². The first-order valence-electron chi connectivity index (χ1n) is 10.5. The lowest BCUT2D eigenvalue weighted by Crippen LogP contribution is -2.41. The van der Waals surface area contributed by atoms with Crippen LogP contribution in [0, 0.1) is 5.92 Å². The molecule has 2 aromatic carbocycles. The average molecular weight is 410 g/mol. The Hall–Kier alpha value is -2.61. The molecule has 1 N–H and O–H groups in total. The predicted molar refractivity (Wildman–Crippen MR) is 114 cm³/mol. The number of para-hydroxylation sites is 1. The van der Waals surface area contributed by atoms with Crippen LogP contribution in [0.15, 0.2) is 40.8 Å². The third kappa shape index (κ3) is 3.76. The van der Waals surface area contributed by atoms with Crippen LogP contribution in [0.25, 0.3) is 21.9 Å². The Labute approximate surface area is 174 Å². The van der Waals surface area contributed by atoms with Gasteiger partial charge in [-0.15, -0.1) is 0 Å². The van der Waals surface area contributed by atoms with Crippen LogP contribution in [0.3, 0.4) is 0 Å². The maximum atomic E-state index is 12.7. The van der Waals surface area contributed by atoms with Crippen LogP contribution in [-0.4, -0.2) is 57.1 Å². The summed E-state index contributed by atoms with van der Waals surface area (Å²) in [5, 5.41) is 5.00. The number of nitrogens with zero attached hydrogens (tertiary/aromatic N) is 1. The number of amides is 1. The number of furan rings is 1. The van der Waals surface area contributed by atoms with E-state index in [1.54, 1.807) is 7.11 Å². The molecule has 0 radical (unpaired) electrons. The highest BCUT2D eigenvalue weighted by atomic mass is 16.7. The number of likely N-dealkylation sites (tertiary alicyclic amines) is 1. The zero-order valence-corrected chi connectivity index (χ0v) is 17.1. The lowest BCUT2D eigenvalue weighted by Gasteiger charge is -2.33. The number of hydrogen-bond acceptors (Lipinski definition) is 6. The monoisotopic (exact) mass is 410 g/mol. The second-order valence-electron chi connectivity index (χ2n) is 7.92. The van der Waals surface area contributed by atoms with Crippen LogP contribution >= 0.6 is 0 Å². The number of ether oxygens (including phenoxy) is 3. The third-order valence-electron chi connectivity index (χ3n) is 6.00. The molecule has 3 aromatic rings. The summed E-state index contributed by atoms with van der Waals surface area (Å²) in [6.07, 6.45) is 1.89. The van der Waals surface area contributed by atoms with E-state index in [0.717, 1.165) is 47.9 Å². The maximum absolute atomic E-state index is 12.7. The molecule has 0 saturated carbocycles. The lowest BCUT2D eigenvalue weighted by molar-refractivity contribution is -0.119. The van der Waals surface area contributed by atoms with Gasteiger partial charge in [0.2, 0.25) is 5.91 Å². The minimum Gasteiger partial charge on any atom is -0.495 e. The summed E-state index contributed by atoms with van der Waals surface area (Å²) in [6, 6.07) is 11.6. The van der Waals surface area contributed by atoms with Gasteiger partial charge in [-0.1, -0.05) is 18.2 Å². The second-order valence-corrected chi connectivity index (χ2v) is 7.92. The molecule has 0 atom stereocenters. The van der Waals surface area contributed by atoms with Crippen LogP contribution < -0.4 is 10.1 Å². The first-order valence-corrected chi connectivity index (χ1v) is 10.5. The average Bonchev–Trinajstić information content (AvgIpc) is 3.41. The fraction of sp³-hybridized carbons (Fsp3) is 0.435. The molecule has 0 bridgehead atoms. The van der Waals surface area contributed by atoms with Gasteiger partial charge in [-0.2, -0.15) is 0 Å². The number of methoxy groups -OCH3 is 1. The highest BCUT2D eigenvalue weighted by Crippen LogP contribution is 2.36. The molecular formula is C23H26N2O5. The summed E-state index contributed by atoms with van der Waals surface area (Å²) in [4.78, 5) is 14.9. The van der Waals surface area contributed by atoms with Gasteiger partial charge in [0.05, 0.1) is 32.6 Å². The van der Waals surface area contributed by atoms with E-state index in [4.69, 9.17) is 18.6 Å². The van der Waals surface area contributed by atoms with Crippen molar-refractivity contribution in [3.8, 4) is 5.75 Å². The van der Waals surface area contributed by atoms with Crippen molar-refractivity contribution in [2.45, 2.75) is 19.1 Å². The van der Waals surface area contributed by atoms with Crippen LogP contribution in [-0.2, 0) is 14.3 Å². The molecule has 2 aliphatic heterocycles. The van der Waals surface area contributed by atoms with E-state index < -0.39 is 0 Å². The van der Waals surface area contributed by atoms with E-state index in [1.807, 2.05) is 36.4 Å². The second kappa shape index (κ2) is 8.26. The zero-order chi connectivity index (χ0) is 20.5.